The Hall–Kier alpha value is -1.11. The maximum Gasteiger partial charge on any atom is 0.241 e. The molecule has 1 saturated carbocycles. The van der Waals surface area contributed by atoms with Gasteiger partial charge in [-0.05, 0) is 49.9 Å². The third-order valence-corrected chi connectivity index (χ3v) is 5.74. The third kappa shape index (κ3) is 3.75. The Balaban J connectivity index is 2.30. The summed E-state index contributed by atoms with van der Waals surface area (Å²) in [6.07, 6.45) is 3.59. The zero-order chi connectivity index (χ0) is 15.6. The number of nitrogens with one attached hydrogen (secondary N) is 1. The van der Waals surface area contributed by atoms with Gasteiger partial charge in [0.1, 0.15) is 0 Å². The molecule has 1 fully saturated rings. The van der Waals surface area contributed by atoms with Crippen LogP contribution in [-0.4, -0.2) is 25.7 Å². The first-order chi connectivity index (χ1) is 9.81. The van der Waals surface area contributed by atoms with E-state index in [0.717, 1.165) is 24.8 Å². The minimum atomic E-state index is -3.67. The molecule has 2 rings (SSSR count). The summed E-state index contributed by atoms with van der Waals surface area (Å²) >= 11 is 0. The number of hydrogen-bond acceptors (Lipinski definition) is 4. The average molecular weight is 312 g/mol. The van der Waals surface area contributed by atoms with Gasteiger partial charge in [-0.2, -0.15) is 0 Å². The van der Waals surface area contributed by atoms with E-state index in [0.29, 0.717) is 24.1 Å². The number of rotatable bonds is 3. The standard InChI is InChI=1S/C15H24N2O3S/c1-10-8-12(16)11(2)15(9-10)21(19,20)17-13-6-4-3-5-7-14(13)18/h8-9,13-14,17-18H,3-7,16H2,1-2H3. The first-order valence-corrected chi connectivity index (χ1v) is 8.86. The summed E-state index contributed by atoms with van der Waals surface area (Å²) in [5.74, 6) is 0. The van der Waals surface area contributed by atoms with Crippen LogP contribution < -0.4 is 10.5 Å². The number of nitrogen functional groups attached to an aromatic ring is 1. The molecule has 118 valence electrons. The molecular formula is C15H24N2O3S. The summed E-state index contributed by atoms with van der Waals surface area (Å²) in [7, 11) is -3.67. The molecule has 5 nitrogen and oxygen atoms in total. The van der Waals surface area contributed by atoms with E-state index in [1.165, 1.54) is 0 Å². The van der Waals surface area contributed by atoms with Gasteiger partial charge in [-0.15, -0.1) is 0 Å². The highest BCUT2D eigenvalue weighted by molar-refractivity contribution is 7.89. The van der Waals surface area contributed by atoms with Gasteiger partial charge in [0.2, 0.25) is 10.0 Å². The fourth-order valence-corrected chi connectivity index (χ4v) is 4.48. The highest BCUT2D eigenvalue weighted by Gasteiger charge is 2.28. The van der Waals surface area contributed by atoms with Crippen molar-refractivity contribution in [2.75, 3.05) is 5.73 Å². The normalized spacial score (nSPS) is 23.8. The van der Waals surface area contributed by atoms with Gasteiger partial charge in [0, 0.05) is 11.7 Å². The van der Waals surface area contributed by atoms with E-state index in [1.807, 2.05) is 6.92 Å². The van der Waals surface area contributed by atoms with Gasteiger partial charge in [0.05, 0.1) is 11.0 Å². The smallest absolute Gasteiger partial charge is 0.241 e. The topological polar surface area (TPSA) is 92.4 Å². The van der Waals surface area contributed by atoms with Gasteiger partial charge in [-0.25, -0.2) is 13.1 Å². The predicted molar refractivity (Wildman–Crippen MR) is 83.5 cm³/mol. The van der Waals surface area contributed by atoms with Crippen molar-refractivity contribution in [2.45, 2.75) is 63.0 Å². The van der Waals surface area contributed by atoms with Crippen LogP contribution in [0, 0.1) is 13.8 Å². The maximum atomic E-state index is 12.6. The van der Waals surface area contributed by atoms with Crippen molar-refractivity contribution in [2.24, 2.45) is 0 Å². The van der Waals surface area contributed by atoms with Crippen LogP contribution in [-0.2, 0) is 10.0 Å². The molecule has 0 saturated heterocycles. The molecule has 1 aliphatic rings. The molecule has 0 aromatic heterocycles. The highest BCUT2D eigenvalue weighted by Crippen LogP contribution is 2.25. The lowest BCUT2D eigenvalue weighted by Crippen LogP contribution is -2.42. The minimum Gasteiger partial charge on any atom is -0.398 e. The molecule has 0 amide bonds. The molecular weight excluding hydrogens is 288 g/mol. The lowest BCUT2D eigenvalue weighted by atomic mass is 10.1. The first-order valence-electron chi connectivity index (χ1n) is 7.38. The summed E-state index contributed by atoms with van der Waals surface area (Å²) < 4.78 is 27.9. The summed E-state index contributed by atoms with van der Waals surface area (Å²) in [6.45, 7) is 3.52. The van der Waals surface area contributed by atoms with Crippen LogP contribution in [0.1, 0.15) is 43.2 Å². The van der Waals surface area contributed by atoms with E-state index < -0.39 is 22.2 Å². The Morgan fingerprint density at radius 2 is 1.86 bits per heavy atom. The number of nitrogens with two attached hydrogens (primary N) is 1. The second kappa shape index (κ2) is 6.34. The van der Waals surface area contributed by atoms with Crippen LogP contribution in [0.5, 0.6) is 0 Å². The fourth-order valence-electron chi connectivity index (χ4n) is 2.82. The van der Waals surface area contributed by atoms with Crippen molar-refractivity contribution in [1.29, 1.82) is 0 Å². The van der Waals surface area contributed by atoms with Gasteiger partial charge in [-0.3, -0.25) is 0 Å². The first kappa shape index (κ1) is 16.3. The summed E-state index contributed by atoms with van der Waals surface area (Å²) in [4.78, 5) is 0.205. The zero-order valence-electron chi connectivity index (χ0n) is 12.6. The minimum absolute atomic E-state index is 0.205. The summed E-state index contributed by atoms with van der Waals surface area (Å²) in [5.41, 5.74) is 7.69. The van der Waals surface area contributed by atoms with Crippen LogP contribution in [0.3, 0.4) is 0 Å². The van der Waals surface area contributed by atoms with E-state index in [2.05, 4.69) is 4.72 Å². The molecule has 2 atom stereocenters. The maximum absolute atomic E-state index is 12.6. The van der Waals surface area contributed by atoms with E-state index in [-0.39, 0.29) is 4.90 Å². The van der Waals surface area contributed by atoms with Gasteiger partial charge in [0.15, 0.2) is 0 Å². The molecule has 6 heteroatoms. The number of aliphatic hydroxyl groups excluding tert-OH is 1. The van der Waals surface area contributed by atoms with Crippen molar-refractivity contribution in [3.8, 4) is 0 Å². The molecule has 1 aromatic carbocycles. The van der Waals surface area contributed by atoms with E-state index in [1.54, 1.807) is 19.1 Å². The number of aryl methyl sites for hydroxylation is 1. The second-order valence-corrected chi connectivity index (χ2v) is 7.59. The lowest BCUT2D eigenvalue weighted by Gasteiger charge is -2.22. The van der Waals surface area contributed by atoms with Gasteiger partial charge in [0.25, 0.3) is 0 Å². The van der Waals surface area contributed by atoms with Crippen molar-refractivity contribution in [3.05, 3.63) is 23.3 Å². The molecule has 0 bridgehead atoms. The summed E-state index contributed by atoms with van der Waals surface area (Å²) in [6, 6.07) is 2.96. The fraction of sp³-hybridized carbons (Fsp3) is 0.600. The average Bonchev–Trinajstić information content (AvgIpc) is 2.59. The van der Waals surface area contributed by atoms with Gasteiger partial charge >= 0.3 is 0 Å². The Bertz CT molecular complexity index is 614. The van der Waals surface area contributed by atoms with E-state index in [4.69, 9.17) is 5.73 Å². The molecule has 1 aromatic rings. The molecule has 0 radical (unpaired) electrons. The molecule has 0 heterocycles. The largest absolute Gasteiger partial charge is 0.398 e. The quantitative estimate of drug-likeness (QED) is 0.587. The zero-order valence-corrected chi connectivity index (χ0v) is 13.4. The van der Waals surface area contributed by atoms with Crippen LogP contribution in [0.2, 0.25) is 0 Å². The Labute approximate surface area is 126 Å². The number of sulfonamides is 1. The lowest BCUT2D eigenvalue weighted by molar-refractivity contribution is 0.130. The number of aliphatic hydroxyl groups is 1. The van der Waals surface area contributed by atoms with Crippen molar-refractivity contribution in [1.82, 2.24) is 4.72 Å². The van der Waals surface area contributed by atoms with Crippen LogP contribution >= 0.6 is 0 Å². The van der Waals surface area contributed by atoms with Gasteiger partial charge < -0.3 is 10.8 Å². The Kier molecular flexibility index (Phi) is 4.91. The third-order valence-electron chi connectivity index (χ3n) is 4.12. The van der Waals surface area contributed by atoms with Crippen LogP contribution in [0.25, 0.3) is 0 Å². The Morgan fingerprint density at radius 1 is 1.19 bits per heavy atom. The molecule has 0 aliphatic heterocycles. The molecule has 1 aliphatic carbocycles. The molecule has 4 N–H and O–H groups in total. The van der Waals surface area contributed by atoms with Crippen molar-refractivity contribution < 1.29 is 13.5 Å². The van der Waals surface area contributed by atoms with Crippen molar-refractivity contribution >= 4 is 15.7 Å². The van der Waals surface area contributed by atoms with Crippen LogP contribution in [0.15, 0.2) is 17.0 Å². The van der Waals surface area contributed by atoms with E-state index >= 15 is 0 Å². The number of benzene rings is 1. The number of anilines is 1. The molecule has 2 unspecified atom stereocenters. The predicted octanol–water partition coefficient (Wildman–Crippen LogP) is 1.86. The summed E-state index contributed by atoms with van der Waals surface area (Å²) in [5, 5.41) is 10.1. The number of hydrogen-bond donors (Lipinski definition) is 3. The second-order valence-electron chi connectivity index (χ2n) is 5.91. The van der Waals surface area contributed by atoms with E-state index in [9.17, 15) is 13.5 Å². The Morgan fingerprint density at radius 3 is 2.57 bits per heavy atom. The SMILES string of the molecule is Cc1cc(N)c(C)c(S(=O)(=O)NC2CCCCCC2O)c1. The van der Waals surface area contributed by atoms with Crippen LogP contribution in [0.4, 0.5) is 5.69 Å². The van der Waals surface area contributed by atoms with Gasteiger partial charge in [-0.1, -0.05) is 19.3 Å². The van der Waals surface area contributed by atoms with Crippen molar-refractivity contribution in [3.63, 3.8) is 0 Å². The monoisotopic (exact) mass is 312 g/mol. The molecule has 21 heavy (non-hydrogen) atoms. The highest BCUT2D eigenvalue weighted by atomic mass is 32.2. The molecule has 0 spiro atoms.